The lowest BCUT2D eigenvalue weighted by atomic mass is 10.1. The molecule has 1 N–H and O–H groups in total. The highest BCUT2D eigenvalue weighted by Crippen LogP contribution is 2.32. The van der Waals surface area contributed by atoms with Gasteiger partial charge in [0, 0.05) is 35.0 Å². The number of carbonyl (C=O) groups excluding carboxylic acids is 2. The van der Waals surface area contributed by atoms with Crippen molar-refractivity contribution >= 4 is 47.6 Å². The van der Waals surface area contributed by atoms with Gasteiger partial charge in [0.15, 0.2) is 0 Å². The number of rotatable bonds is 2. The summed E-state index contributed by atoms with van der Waals surface area (Å²) < 4.78 is 0. The van der Waals surface area contributed by atoms with Crippen LogP contribution in [0.25, 0.3) is 0 Å². The first-order valence-electron chi connectivity index (χ1n) is 8.82. The molecule has 0 spiro atoms. The Morgan fingerprint density at radius 2 is 1.85 bits per heavy atom. The molecule has 3 unspecified atom stereocenters. The van der Waals surface area contributed by atoms with Crippen LogP contribution < -0.4 is 5.32 Å². The van der Waals surface area contributed by atoms with E-state index >= 15 is 0 Å². The minimum atomic E-state index is -0.352. The van der Waals surface area contributed by atoms with Gasteiger partial charge in [-0.25, -0.2) is 0 Å². The number of halogens is 2. The summed E-state index contributed by atoms with van der Waals surface area (Å²) in [6.07, 6.45) is 3.16. The highest BCUT2D eigenvalue weighted by atomic mass is 35.5. The second-order valence-corrected chi connectivity index (χ2v) is 8.36. The topological polar surface area (TPSA) is 52.7 Å². The van der Waals surface area contributed by atoms with E-state index in [1.165, 1.54) is 0 Å². The fourth-order valence-corrected chi connectivity index (χ4v) is 5.39. The molecule has 3 atom stereocenters. The molecule has 142 valence electrons. The number of fused-ring (bicyclic) bond motifs is 2. The molecule has 4 rings (SSSR count). The van der Waals surface area contributed by atoms with Crippen molar-refractivity contribution in [2.45, 2.75) is 37.4 Å². The van der Waals surface area contributed by atoms with Gasteiger partial charge in [-0.2, -0.15) is 0 Å². The molecule has 3 fully saturated rings. The number of nitrogens with zero attached hydrogens (tertiary/aromatic N) is 2. The van der Waals surface area contributed by atoms with Crippen molar-refractivity contribution in [3.05, 3.63) is 34.9 Å². The number of thioether (sulfide) groups is 1. The molecule has 5 nitrogen and oxygen atoms in total. The summed E-state index contributed by atoms with van der Waals surface area (Å²) in [5, 5.41) is 4.03. The van der Waals surface area contributed by atoms with Crippen LogP contribution in [0, 0.1) is 0 Å². The highest BCUT2D eigenvalue weighted by molar-refractivity contribution is 7.99. The smallest absolute Gasteiger partial charge is 0.255 e. The monoisotopic (exact) mass is 415 g/mol. The maximum atomic E-state index is 13.3. The summed E-state index contributed by atoms with van der Waals surface area (Å²) in [6.45, 7) is 1.84. The third-order valence-electron chi connectivity index (χ3n) is 5.43. The Kier molecular flexibility index (Phi) is 6.38. The van der Waals surface area contributed by atoms with Gasteiger partial charge in [-0.3, -0.25) is 9.59 Å². The molecule has 0 aliphatic carbocycles. The molecule has 1 aromatic rings. The predicted octanol–water partition coefficient (Wildman–Crippen LogP) is 2.63. The van der Waals surface area contributed by atoms with Crippen molar-refractivity contribution in [1.29, 1.82) is 0 Å². The Hall–Kier alpha value is -0.950. The van der Waals surface area contributed by atoms with Gasteiger partial charge in [-0.15, -0.1) is 24.2 Å². The Morgan fingerprint density at radius 1 is 1.12 bits per heavy atom. The van der Waals surface area contributed by atoms with Crippen molar-refractivity contribution < 1.29 is 9.59 Å². The van der Waals surface area contributed by atoms with E-state index < -0.39 is 0 Å². The van der Waals surface area contributed by atoms with Crippen LogP contribution in [0.2, 0.25) is 5.02 Å². The van der Waals surface area contributed by atoms with E-state index in [4.69, 9.17) is 11.6 Å². The highest BCUT2D eigenvalue weighted by Gasteiger charge is 2.44. The molecule has 1 aromatic carbocycles. The van der Waals surface area contributed by atoms with Crippen LogP contribution in [0.4, 0.5) is 0 Å². The second-order valence-electron chi connectivity index (χ2n) is 6.92. The molecule has 26 heavy (non-hydrogen) atoms. The number of hydrogen-bond acceptors (Lipinski definition) is 4. The zero-order chi connectivity index (χ0) is 17.4. The number of benzene rings is 1. The maximum absolute atomic E-state index is 13.3. The molecular weight excluding hydrogens is 393 g/mol. The van der Waals surface area contributed by atoms with Crippen LogP contribution in [0.15, 0.2) is 24.3 Å². The van der Waals surface area contributed by atoms with Crippen molar-refractivity contribution in [2.75, 3.05) is 24.7 Å². The summed E-state index contributed by atoms with van der Waals surface area (Å²) in [5.41, 5.74) is 0.588. The second kappa shape index (κ2) is 8.38. The number of carbonyl (C=O) groups is 2. The van der Waals surface area contributed by atoms with E-state index in [9.17, 15) is 9.59 Å². The number of nitrogens with one attached hydrogen (secondary N) is 1. The fourth-order valence-electron chi connectivity index (χ4n) is 4.12. The number of hydrogen-bond donors (Lipinski definition) is 1. The van der Waals surface area contributed by atoms with Crippen molar-refractivity contribution in [3.63, 3.8) is 0 Å². The largest absolute Gasteiger partial charge is 0.334 e. The lowest BCUT2D eigenvalue weighted by molar-refractivity contribution is -0.137. The molecular formula is C18H23Cl2N3O2S. The molecule has 0 saturated carbocycles. The van der Waals surface area contributed by atoms with Gasteiger partial charge < -0.3 is 15.1 Å². The van der Waals surface area contributed by atoms with Crippen molar-refractivity contribution in [2.24, 2.45) is 0 Å². The Balaban J connectivity index is 0.00000196. The molecule has 0 radical (unpaired) electrons. The van der Waals surface area contributed by atoms with Gasteiger partial charge in [0.25, 0.3) is 5.91 Å². The first-order valence-corrected chi connectivity index (χ1v) is 10.4. The van der Waals surface area contributed by atoms with Crippen LogP contribution in [-0.4, -0.2) is 64.5 Å². The van der Waals surface area contributed by atoms with Gasteiger partial charge in [-0.1, -0.05) is 11.6 Å². The Labute approximate surface area is 169 Å². The molecule has 0 aromatic heterocycles. The molecule has 3 heterocycles. The molecule has 3 aliphatic heterocycles. The third kappa shape index (κ3) is 3.70. The van der Waals surface area contributed by atoms with E-state index in [0.29, 0.717) is 28.3 Å². The van der Waals surface area contributed by atoms with E-state index in [1.54, 1.807) is 40.9 Å². The van der Waals surface area contributed by atoms with Crippen molar-refractivity contribution in [1.82, 2.24) is 15.1 Å². The van der Waals surface area contributed by atoms with Gasteiger partial charge in [0.1, 0.15) is 6.04 Å². The summed E-state index contributed by atoms with van der Waals surface area (Å²) >= 11 is 7.57. The zero-order valence-electron chi connectivity index (χ0n) is 14.4. The summed E-state index contributed by atoms with van der Waals surface area (Å²) in [6, 6.07) is 7.15. The van der Waals surface area contributed by atoms with Crippen LogP contribution in [0.3, 0.4) is 0 Å². The number of amides is 2. The lowest BCUT2D eigenvalue weighted by Gasteiger charge is -2.33. The van der Waals surface area contributed by atoms with E-state index in [-0.39, 0.29) is 36.3 Å². The standard InChI is InChI=1S/C18H22ClN3O2S.ClH/c19-13-3-1-12(2-4-13)17(23)21-11-25-10-16(21)18(24)22-14-5-6-15(22)9-20-8-7-14;/h1-4,14-16,20H,5-11H2;1H. The zero-order valence-corrected chi connectivity index (χ0v) is 16.8. The van der Waals surface area contributed by atoms with E-state index in [1.807, 2.05) is 0 Å². The first kappa shape index (κ1) is 19.8. The lowest BCUT2D eigenvalue weighted by Crippen LogP contribution is -2.53. The molecule has 3 aliphatic rings. The normalized spacial score (nSPS) is 27.8. The van der Waals surface area contributed by atoms with Crippen LogP contribution in [-0.2, 0) is 4.79 Å². The van der Waals surface area contributed by atoms with Crippen LogP contribution in [0.1, 0.15) is 29.6 Å². The third-order valence-corrected chi connectivity index (χ3v) is 6.69. The average molecular weight is 416 g/mol. The van der Waals surface area contributed by atoms with Gasteiger partial charge in [0.05, 0.1) is 5.88 Å². The van der Waals surface area contributed by atoms with Gasteiger partial charge in [0.2, 0.25) is 5.91 Å². The quantitative estimate of drug-likeness (QED) is 0.806. The Morgan fingerprint density at radius 3 is 2.62 bits per heavy atom. The van der Waals surface area contributed by atoms with E-state index in [0.717, 1.165) is 32.4 Å². The SMILES string of the molecule is Cl.O=C(c1ccc(Cl)cc1)N1CSCC1C(=O)N1C2CCNCC1CC2. The average Bonchev–Trinajstić information content (AvgIpc) is 3.18. The summed E-state index contributed by atoms with van der Waals surface area (Å²) in [7, 11) is 0. The van der Waals surface area contributed by atoms with Crippen LogP contribution >= 0.6 is 35.8 Å². The summed E-state index contributed by atoms with van der Waals surface area (Å²) in [4.78, 5) is 30.0. The summed E-state index contributed by atoms with van der Waals surface area (Å²) in [5.74, 6) is 1.30. The van der Waals surface area contributed by atoms with Gasteiger partial charge in [-0.05, 0) is 50.1 Å². The van der Waals surface area contributed by atoms with Gasteiger partial charge >= 0.3 is 0 Å². The van der Waals surface area contributed by atoms with E-state index in [2.05, 4.69) is 10.2 Å². The fraction of sp³-hybridized carbons (Fsp3) is 0.556. The first-order chi connectivity index (χ1) is 12.1. The minimum absolute atomic E-state index is 0. The molecule has 2 amide bonds. The predicted molar refractivity (Wildman–Crippen MR) is 107 cm³/mol. The van der Waals surface area contributed by atoms with Crippen LogP contribution in [0.5, 0.6) is 0 Å². The molecule has 3 saturated heterocycles. The Bertz CT molecular complexity index is 659. The maximum Gasteiger partial charge on any atom is 0.255 e. The minimum Gasteiger partial charge on any atom is -0.334 e. The molecule has 2 bridgehead atoms. The molecule has 8 heteroatoms. The van der Waals surface area contributed by atoms with Crippen molar-refractivity contribution in [3.8, 4) is 0 Å².